The number of oxazole rings is 1. The van der Waals surface area contributed by atoms with Crippen LogP contribution in [-0.2, 0) is 19.4 Å². The molecule has 1 unspecified atom stereocenters. The van der Waals surface area contributed by atoms with Gasteiger partial charge in [-0.1, -0.05) is 30.3 Å². The number of aromatic nitrogens is 1. The van der Waals surface area contributed by atoms with Gasteiger partial charge in [0.05, 0.1) is 6.20 Å². The summed E-state index contributed by atoms with van der Waals surface area (Å²) in [5.41, 5.74) is 0.0763. The monoisotopic (exact) mass is 281 g/mol. The summed E-state index contributed by atoms with van der Waals surface area (Å²) in [6.45, 7) is 0. The van der Waals surface area contributed by atoms with Gasteiger partial charge in [-0.2, -0.15) is 0 Å². The zero-order valence-electron chi connectivity index (χ0n) is 9.98. The second-order valence-corrected chi connectivity index (χ2v) is 6.12. The first-order valence-electron chi connectivity index (χ1n) is 5.29. The van der Waals surface area contributed by atoms with Crippen molar-refractivity contribution in [1.29, 1.82) is 0 Å². The Morgan fingerprint density at radius 2 is 1.95 bits per heavy atom. The number of hydrogen-bond acceptors (Lipinski definition) is 5. The van der Waals surface area contributed by atoms with Crippen molar-refractivity contribution in [2.45, 2.75) is 4.75 Å². The molecule has 1 heterocycles. The molecule has 0 aliphatic carbocycles. The van der Waals surface area contributed by atoms with Gasteiger partial charge in [-0.15, -0.1) is 0 Å². The maximum atomic E-state index is 12.1. The molecule has 100 valence electrons. The fourth-order valence-corrected chi connectivity index (χ4v) is 3.24. The van der Waals surface area contributed by atoms with Gasteiger partial charge in [0.2, 0.25) is 5.89 Å². The first-order chi connectivity index (χ1) is 8.90. The van der Waals surface area contributed by atoms with Crippen LogP contribution in [0, 0.1) is 0 Å². The van der Waals surface area contributed by atoms with E-state index in [-0.39, 0.29) is 11.5 Å². The number of carbonyl (C=O) groups is 1. The Labute approximate surface area is 109 Å². The average Bonchev–Trinajstić information content (AvgIpc) is 2.83. The molecule has 1 N–H and O–H groups in total. The van der Waals surface area contributed by atoms with Crippen LogP contribution in [0.15, 0.2) is 47.2 Å². The molecule has 1 atom stereocenters. The van der Waals surface area contributed by atoms with Crippen LogP contribution in [-0.4, -0.2) is 30.7 Å². The summed E-state index contributed by atoms with van der Waals surface area (Å²) in [7, 11) is -4.06. The molecule has 0 fully saturated rings. The maximum absolute atomic E-state index is 12.1. The predicted octanol–water partition coefficient (Wildman–Crippen LogP) is 1.05. The number of nitrogens with zero attached hydrogens (tertiary/aromatic N) is 1. The predicted molar refractivity (Wildman–Crippen MR) is 66.2 cm³/mol. The maximum Gasteiger partial charge on any atom is 0.339 e. The number of hydrogen-bond donors (Lipinski definition) is 1. The summed E-state index contributed by atoms with van der Waals surface area (Å²) in [6, 6.07) is 7.61. The highest BCUT2D eigenvalue weighted by Crippen LogP contribution is 2.36. The van der Waals surface area contributed by atoms with E-state index in [4.69, 9.17) is 4.42 Å². The van der Waals surface area contributed by atoms with Crippen LogP contribution in [0.1, 0.15) is 11.5 Å². The molecular formula is C12H11NO5S. The third kappa shape index (κ3) is 1.91. The van der Waals surface area contributed by atoms with E-state index in [1.165, 1.54) is 18.3 Å². The first kappa shape index (κ1) is 13.3. The molecule has 0 amide bonds. The lowest BCUT2D eigenvalue weighted by Gasteiger charge is -2.24. The lowest BCUT2D eigenvalue weighted by molar-refractivity contribution is -0.139. The van der Waals surface area contributed by atoms with Crippen molar-refractivity contribution >= 4 is 15.8 Å². The Balaban J connectivity index is 2.87. The first-order valence-corrected chi connectivity index (χ1v) is 7.18. The van der Waals surface area contributed by atoms with Gasteiger partial charge in [-0.05, 0) is 5.56 Å². The molecule has 0 saturated heterocycles. The topological polar surface area (TPSA) is 97.5 Å². The zero-order chi connectivity index (χ0) is 14.1. The molecule has 1 aromatic heterocycles. The molecule has 1 aromatic carbocycles. The molecule has 2 rings (SSSR count). The van der Waals surface area contributed by atoms with Crippen LogP contribution in [0.4, 0.5) is 0 Å². The lowest BCUT2D eigenvalue weighted by atomic mass is 9.98. The minimum Gasteiger partial charge on any atom is -0.479 e. The van der Waals surface area contributed by atoms with Crippen LogP contribution in [0.3, 0.4) is 0 Å². The van der Waals surface area contributed by atoms with Gasteiger partial charge in [0.1, 0.15) is 6.26 Å². The van der Waals surface area contributed by atoms with Crippen molar-refractivity contribution in [2.24, 2.45) is 0 Å². The molecule has 0 aliphatic rings. The molecule has 7 heteroatoms. The van der Waals surface area contributed by atoms with E-state index in [9.17, 15) is 18.3 Å². The third-order valence-electron chi connectivity index (χ3n) is 2.77. The third-order valence-corrected chi connectivity index (χ3v) is 4.47. The Morgan fingerprint density at radius 1 is 1.32 bits per heavy atom. The molecular weight excluding hydrogens is 270 g/mol. The SMILES string of the molecule is CS(=O)(=O)C(C(=O)O)(c1ccccc1)c1ncco1. The zero-order valence-corrected chi connectivity index (χ0v) is 10.8. The number of carboxylic acids is 1. The molecule has 2 aromatic rings. The van der Waals surface area contributed by atoms with Crippen LogP contribution in [0.2, 0.25) is 0 Å². The van der Waals surface area contributed by atoms with E-state index in [1.54, 1.807) is 18.2 Å². The van der Waals surface area contributed by atoms with Crippen molar-refractivity contribution in [3.63, 3.8) is 0 Å². The molecule has 0 spiro atoms. The fraction of sp³-hybridized carbons (Fsp3) is 0.167. The average molecular weight is 281 g/mol. The van der Waals surface area contributed by atoms with Crippen molar-refractivity contribution in [2.75, 3.05) is 6.26 Å². The Hall–Kier alpha value is -2.15. The summed E-state index contributed by atoms with van der Waals surface area (Å²) >= 11 is 0. The molecule has 19 heavy (non-hydrogen) atoms. The summed E-state index contributed by atoms with van der Waals surface area (Å²) in [5.74, 6) is -1.93. The lowest BCUT2D eigenvalue weighted by Crippen LogP contribution is -2.44. The van der Waals surface area contributed by atoms with Crippen LogP contribution in [0.25, 0.3) is 0 Å². The minimum atomic E-state index is -4.06. The Bertz CT molecular complexity index is 678. The molecule has 6 nitrogen and oxygen atoms in total. The van der Waals surface area contributed by atoms with E-state index >= 15 is 0 Å². The highest BCUT2D eigenvalue weighted by molar-refractivity contribution is 7.92. The van der Waals surface area contributed by atoms with Gasteiger partial charge in [-0.25, -0.2) is 18.2 Å². The van der Waals surface area contributed by atoms with Gasteiger partial charge < -0.3 is 9.52 Å². The van der Waals surface area contributed by atoms with E-state index in [0.717, 1.165) is 12.5 Å². The number of aliphatic carboxylic acids is 1. The van der Waals surface area contributed by atoms with E-state index in [0.29, 0.717) is 0 Å². The number of sulfone groups is 1. The van der Waals surface area contributed by atoms with Gasteiger partial charge >= 0.3 is 5.97 Å². The van der Waals surface area contributed by atoms with Crippen LogP contribution < -0.4 is 0 Å². The van der Waals surface area contributed by atoms with E-state index in [2.05, 4.69) is 4.98 Å². The standard InChI is InChI=1S/C12H11NO5S/c1-19(16,17)12(11(14)15,10-13-7-8-18-10)9-5-3-2-4-6-9/h2-8H,1H3,(H,14,15). The van der Waals surface area contributed by atoms with Crippen LogP contribution >= 0.6 is 0 Å². The quantitative estimate of drug-likeness (QED) is 0.899. The summed E-state index contributed by atoms with van der Waals surface area (Å²) < 4.78 is 26.9. The van der Waals surface area contributed by atoms with E-state index < -0.39 is 20.6 Å². The highest BCUT2D eigenvalue weighted by Gasteiger charge is 2.55. The molecule has 0 saturated carbocycles. The number of rotatable bonds is 4. The molecule has 0 bridgehead atoms. The van der Waals surface area contributed by atoms with Crippen LogP contribution in [0.5, 0.6) is 0 Å². The van der Waals surface area contributed by atoms with Crippen molar-refractivity contribution in [3.05, 3.63) is 54.2 Å². The van der Waals surface area contributed by atoms with Crippen molar-refractivity contribution < 1.29 is 22.7 Å². The number of carboxylic acid groups (broad SMARTS) is 1. The largest absolute Gasteiger partial charge is 0.479 e. The minimum absolute atomic E-state index is 0.0763. The van der Waals surface area contributed by atoms with E-state index in [1.807, 2.05) is 0 Å². The highest BCUT2D eigenvalue weighted by atomic mass is 32.2. The fourth-order valence-electron chi connectivity index (χ4n) is 1.94. The summed E-state index contributed by atoms with van der Waals surface area (Å²) in [5, 5.41) is 9.51. The Kier molecular flexibility index (Phi) is 3.15. The van der Waals surface area contributed by atoms with Crippen molar-refractivity contribution in [1.82, 2.24) is 4.98 Å². The summed E-state index contributed by atoms with van der Waals surface area (Å²) in [6.07, 6.45) is 3.20. The van der Waals surface area contributed by atoms with Gasteiger partial charge in [0.15, 0.2) is 9.84 Å². The molecule has 0 radical (unpaired) electrons. The smallest absolute Gasteiger partial charge is 0.339 e. The Morgan fingerprint density at radius 3 is 2.37 bits per heavy atom. The van der Waals surface area contributed by atoms with Gasteiger partial charge in [0.25, 0.3) is 4.75 Å². The summed E-state index contributed by atoms with van der Waals surface area (Å²) in [4.78, 5) is 15.4. The number of benzene rings is 1. The van der Waals surface area contributed by atoms with Crippen molar-refractivity contribution in [3.8, 4) is 0 Å². The van der Waals surface area contributed by atoms with Gasteiger partial charge in [0, 0.05) is 6.26 Å². The van der Waals surface area contributed by atoms with Gasteiger partial charge in [-0.3, -0.25) is 0 Å². The second-order valence-electron chi connectivity index (χ2n) is 3.96. The normalized spacial score (nSPS) is 14.8. The molecule has 0 aliphatic heterocycles. The second kappa shape index (κ2) is 4.51.